The highest BCUT2D eigenvalue weighted by Crippen LogP contribution is 2.48. The lowest BCUT2D eigenvalue weighted by atomic mass is 9.65. The maximum absolute atomic E-state index is 2.77. The minimum absolute atomic E-state index is 0.521. The molecule has 4 rings (SSSR count). The molecule has 3 aliphatic heterocycles. The highest BCUT2D eigenvalue weighted by Gasteiger charge is 2.37. The van der Waals surface area contributed by atoms with E-state index in [0.717, 1.165) is 23.8 Å². The van der Waals surface area contributed by atoms with E-state index in [2.05, 4.69) is 39.5 Å². The fourth-order valence-corrected chi connectivity index (χ4v) is 5.27. The van der Waals surface area contributed by atoms with Crippen LogP contribution >= 0.6 is 0 Å². The zero-order chi connectivity index (χ0) is 15.9. The topological polar surface area (TPSA) is 3.24 Å². The van der Waals surface area contributed by atoms with Crippen LogP contribution in [0.1, 0.15) is 79.6 Å². The van der Waals surface area contributed by atoms with Crippen molar-refractivity contribution in [1.29, 1.82) is 0 Å². The van der Waals surface area contributed by atoms with Gasteiger partial charge in [-0.15, -0.1) is 0 Å². The summed E-state index contributed by atoms with van der Waals surface area (Å²) in [6, 6.07) is 0.771. The minimum Gasteiger partial charge on any atom is -0.300 e. The van der Waals surface area contributed by atoms with Crippen LogP contribution in [0.2, 0.25) is 0 Å². The molecular formula is C21H37N. The quantitative estimate of drug-likeness (QED) is 0.595. The van der Waals surface area contributed by atoms with Crippen molar-refractivity contribution in [1.82, 2.24) is 4.90 Å². The standard InChI is InChI=1S/C21H37N/c1-6-21(4,5)19-7-8-20-17-9-11-22(12-10-17)16(3)15(2)13-18(20)14-19/h15-17,19H,6-14H2,1-5H3. The van der Waals surface area contributed by atoms with E-state index in [1.54, 1.807) is 0 Å². The lowest BCUT2D eigenvalue weighted by Crippen LogP contribution is -2.42. The maximum Gasteiger partial charge on any atom is 0.00956 e. The van der Waals surface area contributed by atoms with Crippen molar-refractivity contribution >= 4 is 0 Å². The Kier molecular flexibility index (Phi) is 4.74. The molecule has 1 nitrogen and oxygen atoms in total. The maximum atomic E-state index is 2.77. The number of nitrogens with zero attached hydrogens (tertiary/aromatic N) is 1. The van der Waals surface area contributed by atoms with Crippen LogP contribution in [0.15, 0.2) is 11.1 Å². The smallest absolute Gasteiger partial charge is 0.00956 e. The number of hydrogen-bond acceptors (Lipinski definition) is 1. The first-order valence-corrected chi connectivity index (χ1v) is 9.87. The van der Waals surface area contributed by atoms with Crippen molar-refractivity contribution in [3.8, 4) is 0 Å². The second kappa shape index (κ2) is 6.30. The number of piperidine rings is 1. The first-order valence-electron chi connectivity index (χ1n) is 9.87. The molecule has 0 amide bonds. The van der Waals surface area contributed by atoms with Crippen molar-refractivity contribution in [3.63, 3.8) is 0 Å². The van der Waals surface area contributed by atoms with Gasteiger partial charge in [0.25, 0.3) is 0 Å². The molecule has 0 spiro atoms. The average Bonchev–Trinajstić information content (AvgIpc) is 2.60. The molecule has 0 N–H and O–H groups in total. The zero-order valence-corrected chi connectivity index (χ0v) is 15.6. The van der Waals surface area contributed by atoms with E-state index in [9.17, 15) is 0 Å². The molecule has 22 heavy (non-hydrogen) atoms. The minimum atomic E-state index is 0.521. The Morgan fingerprint density at radius 3 is 2.36 bits per heavy atom. The number of rotatable bonds is 2. The van der Waals surface area contributed by atoms with E-state index in [1.807, 2.05) is 11.1 Å². The van der Waals surface area contributed by atoms with E-state index in [4.69, 9.17) is 0 Å². The summed E-state index contributed by atoms with van der Waals surface area (Å²) in [6.07, 6.45) is 9.82. The molecule has 1 aliphatic carbocycles. The molecule has 3 atom stereocenters. The van der Waals surface area contributed by atoms with Crippen molar-refractivity contribution in [2.24, 2.45) is 23.2 Å². The Labute approximate surface area is 138 Å². The van der Waals surface area contributed by atoms with Crippen molar-refractivity contribution < 1.29 is 0 Å². The highest BCUT2D eigenvalue weighted by molar-refractivity contribution is 5.23. The van der Waals surface area contributed by atoms with Crippen molar-refractivity contribution in [3.05, 3.63) is 11.1 Å². The normalized spacial score (nSPS) is 40.0. The first-order chi connectivity index (χ1) is 10.4. The third-order valence-corrected chi connectivity index (χ3v) is 7.72. The Balaban J connectivity index is 1.87. The molecule has 3 unspecified atom stereocenters. The van der Waals surface area contributed by atoms with Crippen LogP contribution in [0.4, 0.5) is 0 Å². The van der Waals surface area contributed by atoms with Gasteiger partial charge in [-0.3, -0.25) is 0 Å². The zero-order valence-electron chi connectivity index (χ0n) is 15.6. The molecule has 1 heteroatoms. The monoisotopic (exact) mass is 303 g/mol. The van der Waals surface area contributed by atoms with Gasteiger partial charge in [-0.1, -0.05) is 45.3 Å². The van der Waals surface area contributed by atoms with Crippen LogP contribution < -0.4 is 0 Å². The third-order valence-electron chi connectivity index (χ3n) is 7.72. The van der Waals surface area contributed by atoms with Gasteiger partial charge in [-0.2, -0.15) is 0 Å². The number of fused-ring (bicyclic) bond motifs is 4. The van der Waals surface area contributed by atoms with Gasteiger partial charge in [0, 0.05) is 6.04 Å². The Morgan fingerprint density at radius 2 is 1.73 bits per heavy atom. The number of hydrogen-bond donors (Lipinski definition) is 0. The molecule has 0 saturated carbocycles. The van der Waals surface area contributed by atoms with E-state index in [1.165, 1.54) is 58.0 Å². The third kappa shape index (κ3) is 3.03. The van der Waals surface area contributed by atoms with Crippen LogP contribution in [0.3, 0.4) is 0 Å². The summed E-state index contributed by atoms with van der Waals surface area (Å²) in [5, 5.41) is 0. The SMILES string of the molecule is CCC(C)(C)C1CCC2=C(CC(C)C(C)N3CCC2CC3)C1. The molecule has 2 bridgehead atoms. The fraction of sp³-hybridized carbons (Fsp3) is 0.905. The average molecular weight is 304 g/mol. The van der Waals surface area contributed by atoms with Gasteiger partial charge in [0.15, 0.2) is 0 Å². The van der Waals surface area contributed by atoms with Gasteiger partial charge < -0.3 is 4.90 Å². The number of allylic oxidation sites excluding steroid dienone is 2. The van der Waals surface area contributed by atoms with E-state index in [0.29, 0.717) is 5.41 Å². The first kappa shape index (κ1) is 16.6. The molecular weight excluding hydrogens is 266 g/mol. The molecule has 1 saturated heterocycles. The molecule has 1 fully saturated rings. The lowest BCUT2D eigenvalue weighted by Gasteiger charge is -2.40. The van der Waals surface area contributed by atoms with Crippen LogP contribution in [0.5, 0.6) is 0 Å². The van der Waals surface area contributed by atoms with Gasteiger partial charge in [-0.05, 0) is 81.7 Å². The Bertz CT molecular complexity index is 425. The largest absolute Gasteiger partial charge is 0.300 e. The summed E-state index contributed by atoms with van der Waals surface area (Å²) in [5.41, 5.74) is 4.34. The fourth-order valence-electron chi connectivity index (χ4n) is 5.27. The van der Waals surface area contributed by atoms with Crippen LogP contribution in [-0.2, 0) is 0 Å². The summed E-state index contributed by atoms with van der Waals surface area (Å²) in [7, 11) is 0. The van der Waals surface area contributed by atoms with E-state index < -0.39 is 0 Å². The Hall–Kier alpha value is -0.300. The lowest BCUT2D eigenvalue weighted by molar-refractivity contribution is 0.122. The van der Waals surface area contributed by atoms with Gasteiger partial charge in [-0.25, -0.2) is 0 Å². The second-order valence-electron chi connectivity index (χ2n) is 9.14. The Morgan fingerprint density at radius 1 is 1.05 bits per heavy atom. The van der Waals surface area contributed by atoms with Gasteiger partial charge in [0.05, 0.1) is 0 Å². The predicted octanol–water partition coefficient (Wildman–Crippen LogP) is 5.66. The molecule has 0 radical (unpaired) electrons. The summed E-state index contributed by atoms with van der Waals surface area (Å²) in [5.74, 6) is 2.66. The van der Waals surface area contributed by atoms with Gasteiger partial charge >= 0.3 is 0 Å². The van der Waals surface area contributed by atoms with Crippen LogP contribution in [-0.4, -0.2) is 24.0 Å². The van der Waals surface area contributed by atoms with Crippen molar-refractivity contribution in [2.45, 2.75) is 85.6 Å². The molecule has 4 aliphatic rings. The summed E-state index contributed by atoms with van der Waals surface area (Å²) in [6.45, 7) is 15.1. The molecule has 0 aromatic carbocycles. The summed E-state index contributed by atoms with van der Waals surface area (Å²) >= 11 is 0. The second-order valence-corrected chi connectivity index (χ2v) is 9.14. The molecule has 3 heterocycles. The predicted molar refractivity (Wildman–Crippen MR) is 96.0 cm³/mol. The van der Waals surface area contributed by atoms with Gasteiger partial charge in [0.2, 0.25) is 0 Å². The van der Waals surface area contributed by atoms with E-state index >= 15 is 0 Å². The van der Waals surface area contributed by atoms with Crippen LogP contribution in [0, 0.1) is 23.2 Å². The summed E-state index contributed by atoms with van der Waals surface area (Å²) < 4.78 is 0. The van der Waals surface area contributed by atoms with Crippen LogP contribution in [0.25, 0.3) is 0 Å². The molecule has 0 aromatic rings. The highest BCUT2D eigenvalue weighted by atomic mass is 15.2. The molecule has 0 aromatic heterocycles. The molecule has 126 valence electrons. The summed E-state index contributed by atoms with van der Waals surface area (Å²) in [4.78, 5) is 2.77. The van der Waals surface area contributed by atoms with Crippen molar-refractivity contribution in [2.75, 3.05) is 13.1 Å². The van der Waals surface area contributed by atoms with E-state index in [-0.39, 0.29) is 0 Å². The van der Waals surface area contributed by atoms with Gasteiger partial charge in [0.1, 0.15) is 0 Å².